The number of pyridine rings is 1. The number of hydrogen-bond donors (Lipinski definition) is 1. The number of hydrogen-bond acceptors (Lipinski definition) is 4. The van der Waals surface area contributed by atoms with Gasteiger partial charge in [0.1, 0.15) is 17.2 Å². The molecule has 0 bridgehead atoms. The van der Waals surface area contributed by atoms with E-state index in [1.54, 1.807) is 24.0 Å². The molecule has 2 aromatic rings. The number of benzene rings is 1. The summed E-state index contributed by atoms with van der Waals surface area (Å²) in [7, 11) is 0. The fraction of sp³-hybridized carbons (Fsp3) is 0.278. The lowest BCUT2D eigenvalue weighted by Crippen LogP contribution is -2.38. The molecule has 1 fully saturated rings. The third-order valence-electron chi connectivity index (χ3n) is 4.26. The van der Waals surface area contributed by atoms with Gasteiger partial charge >= 0.3 is 5.97 Å². The Balaban J connectivity index is 1.76. The zero-order chi connectivity index (χ0) is 17.1. The molecule has 2 atom stereocenters. The molecule has 1 aliphatic heterocycles. The Bertz CT molecular complexity index is 748. The van der Waals surface area contributed by atoms with Crippen LogP contribution in [0.2, 0.25) is 0 Å². The Labute approximate surface area is 139 Å². The molecule has 1 amide bonds. The van der Waals surface area contributed by atoms with Crippen molar-refractivity contribution >= 4 is 11.9 Å². The quantitative estimate of drug-likeness (QED) is 0.934. The van der Waals surface area contributed by atoms with Crippen molar-refractivity contribution in [3.63, 3.8) is 0 Å². The number of amides is 1. The van der Waals surface area contributed by atoms with E-state index in [4.69, 9.17) is 4.74 Å². The summed E-state index contributed by atoms with van der Waals surface area (Å²) in [5.41, 5.74) is 0.251. The lowest BCUT2D eigenvalue weighted by Gasteiger charge is -2.23. The van der Waals surface area contributed by atoms with Gasteiger partial charge in [-0.25, -0.2) is 0 Å². The van der Waals surface area contributed by atoms with Crippen molar-refractivity contribution in [3.05, 3.63) is 54.4 Å². The number of carboxylic acids is 1. The Kier molecular flexibility index (Phi) is 4.46. The number of ether oxygens (including phenoxy) is 1. The maximum atomic E-state index is 12.6. The SMILES string of the molecule is CC1C(C(=O)O)CCN1C(=O)c1cc(Oc2ccccc2)ccn1. The Hall–Kier alpha value is -2.89. The van der Waals surface area contributed by atoms with E-state index in [1.807, 2.05) is 30.3 Å². The average molecular weight is 326 g/mol. The summed E-state index contributed by atoms with van der Waals surface area (Å²) in [6.45, 7) is 2.18. The molecule has 6 heteroatoms. The van der Waals surface area contributed by atoms with Gasteiger partial charge in [0, 0.05) is 24.8 Å². The molecule has 0 aliphatic carbocycles. The van der Waals surface area contributed by atoms with E-state index >= 15 is 0 Å². The third kappa shape index (κ3) is 3.22. The number of nitrogens with zero attached hydrogens (tertiary/aromatic N) is 2. The van der Waals surface area contributed by atoms with Crippen LogP contribution >= 0.6 is 0 Å². The van der Waals surface area contributed by atoms with Gasteiger partial charge in [0.05, 0.1) is 5.92 Å². The second-order valence-electron chi connectivity index (χ2n) is 5.76. The highest BCUT2D eigenvalue weighted by Gasteiger charge is 2.38. The van der Waals surface area contributed by atoms with Gasteiger partial charge in [-0.15, -0.1) is 0 Å². The van der Waals surface area contributed by atoms with Crippen molar-refractivity contribution in [2.45, 2.75) is 19.4 Å². The van der Waals surface area contributed by atoms with Crippen molar-refractivity contribution in [3.8, 4) is 11.5 Å². The van der Waals surface area contributed by atoms with Gasteiger partial charge in [0.15, 0.2) is 0 Å². The van der Waals surface area contributed by atoms with Crippen LogP contribution in [0, 0.1) is 5.92 Å². The van der Waals surface area contributed by atoms with Gasteiger partial charge in [-0.1, -0.05) is 18.2 Å². The highest BCUT2D eigenvalue weighted by atomic mass is 16.5. The van der Waals surface area contributed by atoms with Gasteiger partial charge in [0.2, 0.25) is 0 Å². The van der Waals surface area contributed by atoms with Gasteiger partial charge < -0.3 is 14.7 Å². The van der Waals surface area contributed by atoms with E-state index in [2.05, 4.69) is 4.98 Å². The number of carbonyl (C=O) groups is 2. The van der Waals surface area contributed by atoms with Gasteiger partial charge in [-0.05, 0) is 31.5 Å². The fourth-order valence-electron chi connectivity index (χ4n) is 2.92. The second kappa shape index (κ2) is 6.70. The average Bonchev–Trinajstić information content (AvgIpc) is 2.97. The van der Waals surface area contributed by atoms with Crippen molar-refractivity contribution in [2.75, 3.05) is 6.54 Å². The van der Waals surface area contributed by atoms with E-state index < -0.39 is 11.9 Å². The molecule has 0 radical (unpaired) electrons. The number of aliphatic carboxylic acids is 1. The predicted octanol–water partition coefficient (Wildman–Crippen LogP) is 2.81. The van der Waals surface area contributed by atoms with E-state index in [0.29, 0.717) is 24.5 Å². The number of rotatable bonds is 4. The molecule has 3 rings (SSSR count). The first-order valence-electron chi connectivity index (χ1n) is 7.79. The Morgan fingerprint density at radius 3 is 2.62 bits per heavy atom. The van der Waals surface area contributed by atoms with E-state index in [-0.39, 0.29) is 17.6 Å². The summed E-state index contributed by atoms with van der Waals surface area (Å²) in [5, 5.41) is 9.19. The molecule has 24 heavy (non-hydrogen) atoms. The highest BCUT2D eigenvalue weighted by molar-refractivity contribution is 5.93. The lowest BCUT2D eigenvalue weighted by atomic mass is 10.0. The number of para-hydroxylation sites is 1. The Morgan fingerprint density at radius 2 is 1.96 bits per heavy atom. The number of carbonyl (C=O) groups excluding carboxylic acids is 1. The molecular formula is C18H18N2O4. The molecule has 124 valence electrons. The zero-order valence-corrected chi connectivity index (χ0v) is 13.3. The molecule has 1 saturated heterocycles. The molecule has 2 heterocycles. The maximum absolute atomic E-state index is 12.6. The molecule has 1 aromatic carbocycles. The Morgan fingerprint density at radius 1 is 1.21 bits per heavy atom. The predicted molar refractivity (Wildman–Crippen MR) is 87.0 cm³/mol. The summed E-state index contributed by atoms with van der Waals surface area (Å²) in [6.07, 6.45) is 1.98. The minimum absolute atomic E-state index is 0.251. The van der Waals surface area contributed by atoms with Crippen molar-refractivity contribution in [1.29, 1.82) is 0 Å². The minimum Gasteiger partial charge on any atom is -0.481 e. The third-order valence-corrected chi connectivity index (χ3v) is 4.26. The van der Waals surface area contributed by atoms with Crippen molar-refractivity contribution in [1.82, 2.24) is 9.88 Å². The van der Waals surface area contributed by atoms with Crippen LogP contribution in [0.3, 0.4) is 0 Å². The molecule has 6 nitrogen and oxygen atoms in total. The van der Waals surface area contributed by atoms with Crippen LogP contribution in [0.1, 0.15) is 23.8 Å². The molecule has 1 aromatic heterocycles. The molecule has 0 spiro atoms. The summed E-state index contributed by atoms with van der Waals surface area (Å²) in [6, 6.07) is 12.2. The number of aromatic nitrogens is 1. The number of likely N-dealkylation sites (tertiary alicyclic amines) is 1. The zero-order valence-electron chi connectivity index (χ0n) is 13.3. The van der Waals surface area contributed by atoms with Gasteiger partial charge in [-0.3, -0.25) is 14.6 Å². The first-order valence-corrected chi connectivity index (χ1v) is 7.79. The van der Waals surface area contributed by atoms with Crippen molar-refractivity contribution < 1.29 is 19.4 Å². The summed E-state index contributed by atoms with van der Waals surface area (Å²) < 4.78 is 5.71. The standard InChI is InChI=1S/C18H18N2O4/c1-12-15(18(22)23)8-10-20(12)17(21)16-11-14(7-9-19-16)24-13-5-3-2-4-6-13/h2-7,9,11-12,15H,8,10H2,1H3,(H,22,23). The van der Waals surface area contributed by atoms with Crippen LogP contribution < -0.4 is 4.74 Å². The smallest absolute Gasteiger partial charge is 0.308 e. The molecule has 1 N–H and O–H groups in total. The maximum Gasteiger partial charge on any atom is 0.308 e. The van der Waals surface area contributed by atoms with Crippen LogP contribution in [0.4, 0.5) is 0 Å². The lowest BCUT2D eigenvalue weighted by molar-refractivity contribution is -0.142. The van der Waals surface area contributed by atoms with E-state index in [0.717, 1.165) is 0 Å². The molecule has 0 saturated carbocycles. The first kappa shape index (κ1) is 16.0. The minimum atomic E-state index is -0.869. The molecule has 1 aliphatic rings. The van der Waals surface area contributed by atoms with E-state index in [1.165, 1.54) is 6.20 Å². The normalized spacial score (nSPS) is 20.0. The topological polar surface area (TPSA) is 79.7 Å². The van der Waals surface area contributed by atoms with Crippen LogP contribution in [0.25, 0.3) is 0 Å². The first-order chi connectivity index (χ1) is 11.6. The van der Waals surface area contributed by atoms with Crippen LogP contribution in [0.15, 0.2) is 48.7 Å². The summed E-state index contributed by atoms with van der Waals surface area (Å²) >= 11 is 0. The number of carboxylic acid groups (broad SMARTS) is 1. The monoisotopic (exact) mass is 326 g/mol. The van der Waals surface area contributed by atoms with Crippen molar-refractivity contribution in [2.24, 2.45) is 5.92 Å². The van der Waals surface area contributed by atoms with Gasteiger partial charge in [0.25, 0.3) is 5.91 Å². The molecular weight excluding hydrogens is 308 g/mol. The highest BCUT2D eigenvalue weighted by Crippen LogP contribution is 2.27. The largest absolute Gasteiger partial charge is 0.481 e. The van der Waals surface area contributed by atoms with E-state index in [9.17, 15) is 14.7 Å². The summed E-state index contributed by atoms with van der Waals surface area (Å²) in [4.78, 5) is 29.5. The summed E-state index contributed by atoms with van der Waals surface area (Å²) in [5.74, 6) is -0.488. The second-order valence-corrected chi connectivity index (χ2v) is 5.76. The van der Waals surface area contributed by atoms with Crippen LogP contribution in [-0.4, -0.2) is 39.5 Å². The fourth-order valence-corrected chi connectivity index (χ4v) is 2.92. The van der Waals surface area contributed by atoms with Crippen LogP contribution in [0.5, 0.6) is 11.5 Å². The van der Waals surface area contributed by atoms with Gasteiger partial charge in [-0.2, -0.15) is 0 Å². The molecule has 2 unspecified atom stereocenters. The van der Waals surface area contributed by atoms with Crippen LogP contribution in [-0.2, 0) is 4.79 Å².